The molecule has 0 saturated heterocycles. The third-order valence-electron chi connectivity index (χ3n) is 4.76. The van der Waals surface area contributed by atoms with Crippen molar-refractivity contribution in [3.05, 3.63) is 65.7 Å². The Hall–Kier alpha value is -2.47. The van der Waals surface area contributed by atoms with Crippen LogP contribution in [0, 0.1) is 0 Å². The summed E-state index contributed by atoms with van der Waals surface area (Å²) in [6.45, 7) is 4.94. The summed E-state index contributed by atoms with van der Waals surface area (Å²) in [6.07, 6.45) is 1.42. The number of methoxy groups -OCH3 is 1. The zero-order valence-electron chi connectivity index (χ0n) is 18.1. The Bertz CT molecular complexity index is 798. The third-order valence-corrected chi connectivity index (χ3v) is 5.75. The van der Waals surface area contributed by atoms with Crippen molar-refractivity contribution in [2.24, 2.45) is 0 Å². The molecule has 0 aliphatic carbocycles. The summed E-state index contributed by atoms with van der Waals surface area (Å²) in [4.78, 5) is 27.6. The summed E-state index contributed by atoms with van der Waals surface area (Å²) in [5.74, 6) is 1.71. The summed E-state index contributed by atoms with van der Waals surface area (Å²) >= 11 is 1.57. The highest BCUT2D eigenvalue weighted by atomic mass is 32.2. The van der Waals surface area contributed by atoms with Crippen molar-refractivity contribution in [1.82, 2.24) is 10.2 Å². The second kappa shape index (κ2) is 13.0. The lowest BCUT2D eigenvalue weighted by Crippen LogP contribution is -2.49. The van der Waals surface area contributed by atoms with Gasteiger partial charge in [0.05, 0.1) is 12.9 Å². The van der Waals surface area contributed by atoms with Crippen LogP contribution < -0.4 is 10.1 Å². The van der Waals surface area contributed by atoms with E-state index in [0.29, 0.717) is 25.3 Å². The van der Waals surface area contributed by atoms with E-state index in [9.17, 15) is 9.59 Å². The van der Waals surface area contributed by atoms with Crippen LogP contribution in [0.3, 0.4) is 0 Å². The van der Waals surface area contributed by atoms with Gasteiger partial charge in [0.15, 0.2) is 0 Å². The van der Waals surface area contributed by atoms with Crippen molar-refractivity contribution in [3.63, 3.8) is 0 Å². The molecule has 162 valence electrons. The fourth-order valence-electron chi connectivity index (χ4n) is 3.17. The van der Waals surface area contributed by atoms with Gasteiger partial charge in [-0.2, -0.15) is 0 Å². The zero-order chi connectivity index (χ0) is 21.8. The minimum atomic E-state index is -0.493. The van der Waals surface area contributed by atoms with Gasteiger partial charge in [0, 0.05) is 18.8 Å². The number of carbonyl (C=O) groups excluding carboxylic acids is 2. The maximum Gasteiger partial charge on any atom is 0.242 e. The molecule has 2 amide bonds. The van der Waals surface area contributed by atoms with Gasteiger partial charge < -0.3 is 15.0 Å². The summed E-state index contributed by atoms with van der Waals surface area (Å²) in [5.41, 5.74) is 2.12. The highest BCUT2D eigenvalue weighted by Crippen LogP contribution is 2.19. The van der Waals surface area contributed by atoms with Crippen LogP contribution in [0.25, 0.3) is 0 Å². The van der Waals surface area contributed by atoms with E-state index in [-0.39, 0.29) is 11.8 Å². The molecule has 1 atom stereocenters. The van der Waals surface area contributed by atoms with Crippen LogP contribution in [0.4, 0.5) is 0 Å². The van der Waals surface area contributed by atoms with Gasteiger partial charge in [0.25, 0.3) is 0 Å². The van der Waals surface area contributed by atoms with Gasteiger partial charge in [-0.15, -0.1) is 11.8 Å². The van der Waals surface area contributed by atoms with E-state index in [1.165, 1.54) is 5.56 Å². The number of hydrogen-bond acceptors (Lipinski definition) is 4. The maximum atomic E-state index is 13.2. The van der Waals surface area contributed by atoms with E-state index in [0.717, 1.165) is 23.5 Å². The van der Waals surface area contributed by atoms with E-state index in [1.807, 2.05) is 56.3 Å². The van der Waals surface area contributed by atoms with E-state index in [4.69, 9.17) is 4.74 Å². The van der Waals surface area contributed by atoms with E-state index in [1.54, 1.807) is 23.8 Å². The molecule has 0 radical (unpaired) electrons. The zero-order valence-corrected chi connectivity index (χ0v) is 18.9. The molecule has 0 bridgehead atoms. The monoisotopic (exact) mass is 428 g/mol. The first kappa shape index (κ1) is 23.8. The van der Waals surface area contributed by atoms with Crippen molar-refractivity contribution < 1.29 is 14.3 Å². The number of hydrogen-bond donors (Lipinski definition) is 1. The molecule has 0 saturated carbocycles. The maximum absolute atomic E-state index is 13.2. The number of nitrogens with one attached hydrogen (secondary N) is 1. The average molecular weight is 429 g/mol. The smallest absolute Gasteiger partial charge is 0.242 e. The second-order valence-corrected chi connectivity index (χ2v) is 8.05. The molecule has 2 rings (SSSR count). The third kappa shape index (κ3) is 7.41. The molecule has 0 fully saturated rings. The van der Waals surface area contributed by atoms with Crippen molar-refractivity contribution in [2.75, 3.05) is 19.4 Å². The van der Waals surface area contributed by atoms with Gasteiger partial charge in [0.1, 0.15) is 11.8 Å². The van der Waals surface area contributed by atoms with Gasteiger partial charge in [0.2, 0.25) is 11.8 Å². The van der Waals surface area contributed by atoms with Crippen LogP contribution in [0.15, 0.2) is 54.6 Å². The van der Waals surface area contributed by atoms with E-state index in [2.05, 4.69) is 17.4 Å². The van der Waals surface area contributed by atoms with Crippen LogP contribution >= 0.6 is 11.8 Å². The number of nitrogens with zero attached hydrogens (tertiary/aromatic N) is 1. The molecule has 30 heavy (non-hydrogen) atoms. The molecule has 2 aromatic carbocycles. The van der Waals surface area contributed by atoms with Crippen LogP contribution in [0.5, 0.6) is 5.75 Å². The predicted octanol–water partition coefficient (Wildman–Crippen LogP) is 4.26. The summed E-state index contributed by atoms with van der Waals surface area (Å²) in [5, 5.41) is 2.94. The van der Waals surface area contributed by atoms with Gasteiger partial charge in [-0.05, 0) is 36.1 Å². The van der Waals surface area contributed by atoms with Gasteiger partial charge in [-0.25, -0.2) is 0 Å². The summed E-state index contributed by atoms with van der Waals surface area (Å²) in [7, 11) is 1.62. The van der Waals surface area contributed by atoms with Crippen LogP contribution in [0.2, 0.25) is 0 Å². The molecule has 0 heterocycles. The van der Waals surface area contributed by atoms with E-state index < -0.39 is 6.04 Å². The number of carbonyl (C=O) groups is 2. The van der Waals surface area contributed by atoms with E-state index >= 15 is 0 Å². The highest BCUT2D eigenvalue weighted by molar-refractivity contribution is 7.99. The number of ether oxygens (including phenoxy) is 1. The standard InChI is InChI=1S/C24H32N2O3S/c1-4-14-25-24(28)22(5-2)26(16-20-12-9-13-21(15-20)29-3)23(27)18-30-17-19-10-7-6-8-11-19/h6-13,15,22H,4-5,14,16-18H2,1-3H3,(H,25,28)/t22-/m1/s1. The van der Waals surface area contributed by atoms with Crippen LogP contribution in [-0.4, -0.2) is 42.2 Å². The Kier molecular flexibility index (Phi) is 10.3. The fraction of sp³-hybridized carbons (Fsp3) is 0.417. The van der Waals surface area contributed by atoms with Gasteiger partial charge in [-0.3, -0.25) is 9.59 Å². The molecular weight excluding hydrogens is 396 g/mol. The molecule has 5 nitrogen and oxygen atoms in total. The molecular formula is C24H32N2O3S. The first-order valence-corrected chi connectivity index (χ1v) is 11.6. The Morgan fingerprint density at radius 1 is 1.07 bits per heavy atom. The Morgan fingerprint density at radius 3 is 2.47 bits per heavy atom. The molecule has 2 aromatic rings. The van der Waals surface area contributed by atoms with Crippen molar-refractivity contribution in [2.45, 2.75) is 45.0 Å². The molecule has 0 aromatic heterocycles. The van der Waals surface area contributed by atoms with Crippen LogP contribution in [0.1, 0.15) is 37.8 Å². The summed E-state index contributed by atoms with van der Waals surface area (Å²) < 4.78 is 5.31. The Labute approximate surface area is 184 Å². The molecule has 0 aliphatic heterocycles. The minimum absolute atomic E-state index is 0.0303. The molecule has 0 aliphatic rings. The topological polar surface area (TPSA) is 58.6 Å². The Balaban J connectivity index is 2.13. The minimum Gasteiger partial charge on any atom is -0.497 e. The first-order chi connectivity index (χ1) is 14.6. The molecule has 1 N–H and O–H groups in total. The first-order valence-electron chi connectivity index (χ1n) is 10.4. The Morgan fingerprint density at radius 2 is 1.80 bits per heavy atom. The summed E-state index contributed by atoms with van der Waals surface area (Å²) in [6, 6.07) is 17.2. The lowest BCUT2D eigenvalue weighted by Gasteiger charge is -2.30. The van der Waals surface area contributed by atoms with Crippen molar-refractivity contribution >= 4 is 23.6 Å². The molecule has 0 unspecified atom stereocenters. The van der Waals surface area contributed by atoms with Gasteiger partial charge >= 0.3 is 0 Å². The quantitative estimate of drug-likeness (QED) is 0.549. The number of thioether (sulfide) groups is 1. The van der Waals surface area contributed by atoms with Crippen molar-refractivity contribution in [3.8, 4) is 5.75 Å². The fourth-order valence-corrected chi connectivity index (χ4v) is 4.04. The largest absolute Gasteiger partial charge is 0.497 e. The SMILES string of the molecule is CCCNC(=O)[C@@H](CC)N(Cc1cccc(OC)c1)C(=O)CSCc1ccccc1. The lowest BCUT2D eigenvalue weighted by molar-refractivity contribution is -0.139. The number of benzene rings is 2. The average Bonchev–Trinajstić information content (AvgIpc) is 2.78. The number of amides is 2. The molecule has 6 heteroatoms. The highest BCUT2D eigenvalue weighted by Gasteiger charge is 2.28. The van der Waals surface area contributed by atoms with Crippen molar-refractivity contribution in [1.29, 1.82) is 0 Å². The van der Waals surface area contributed by atoms with Gasteiger partial charge in [-0.1, -0.05) is 56.3 Å². The molecule has 0 spiro atoms. The predicted molar refractivity (Wildman–Crippen MR) is 124 cm³/mol. The lowest BCUT2D eigenvalue weighted by atomic mass is 10.1. The normalized spacial score (nSPS) is 11.6. The second-order valence-electron chi connectivity index (χ2n) is 7.07. The van der Waals surface area contributed by atoms with Crippen LogP contribution in [-0.2, 0) is 21.9 Å². The number of rotatable bonds is 12.